The van der Waals surface area contributed by atoms with Crippen LogP contribution in [0.1, 0.15) is 6.42 Å². The van der Waals surface area contributed by atoms with Crippen LogP contribution >= 0.6 is 11.6 Å². The second kappa shape index (κ2) is 9.52. The predicted molar refractivity (Wildman–Crippen MR) is 131 cm³/mol. The van der Waals surface area contributed by atoms with E-state index in [2.05, 4.69) is 20.2 Å². The lowest BCUT2D eigenvalue weighted by atomic mass is 10.1. The lowest BCUT2D eigenvalue weighted by molar-refractivity contribution is -0.132. The highest BCUT2D eigenvalue weighted by molar-refractivity contribution is 6.32. The summed E-state index contributed by atoms with van der Waals surface area (Å²) >= 11 is 5.91. The lowest BCUT2D eigenvalue weighted by Gasteiger charge is -2.35. The number of phenolic OH excluding ortho intramolecular Hbond substituents is 1. The van der Waals surface area contributed by atoms with E-state index >= 15 is 0 Å². The van der Waals surface area contributed by atoms with E-state index < -0.39 is 0 Å². The van der Waals surface area contributed by atoms with Crippen molar-refractivity contribution in [2.75, 3.05) is 56.0 Å². The van der Waals surface area contributed by atoms with Crippen molar-refractivity contribution >= 4 is 46.1 Å². The summed E-state index contributed by atoms with van der Waals surface area (Å²) in [7, 11) is 0. The summed E-state index contributed by atoms with van der Waals surface area (Å²) in [5.41, 5.74) is 2.50. The molecule has 2 aliphatic heterocycles. The number of phenols is 1. The normalized spacial score (nSPS) is 19.0. The van der Waals surface area contributed by atoms with Gasteiger partial charge in [0, 0.05) is 38.4 Å². The molecule has 2 saturated heterocycles. The van der Waals surface area contributed by atoms with Gasteiger partial charge >= 0.3 is 0 Å². The Kier molecular flexibility index (Phi) is 6.30. The highest BCUT2D eigenvalue weighted by Crippen LogP contribution is 2.27. The van der Waals surface area contributed by atoms with Crippen LogP contribution in [-0.4, -0.2) is 82.5 Å². The van der Waals surface area contributed by atoms with Gasteiger partial charge in [0.15, 0.2) is 0 Å². The molecule has 2 aromatic carbocycles. The van der Waals surface area contributed by atoms with Crippen LogP contribution in [0.2, 0.25) is 5.02 Å². The smallest absolute Gasteiger partial charge is 0.236 e. The number of anilines is 2. The van der Waals surface area contributed by atoms with E-state index in [1.807, 2.05) is 34.1 Å². The molecule has 0 spiro atoms. The minimum Gasteiger partial charge on any atom is -0.506 e. The van der Waals surface area contributed by atoms with Crippen molar-refractivity contribution in [3.8, 4) is 5.75 Å². The number of para-hydroxylation sites is 2. The van der Waals surface area contributed by atoms with E-state index in [-0.39, 0.29) is 28.5 Å². The van der Waals surface area contributed by atoms with Gasteiger partial charge in [0.1, 0.15) is 5.75 Å². The zero-order valence-electron chi connectivity index (χ0n) is 18.7. The molecule has 178 valence electrons. The first-order chi connectivity index (χ1) is 16.5. The Hall–Kier alpha value is -3.30. The average Bonchev–Trinajstić information content (AvgIpc) is 3.49. The molecule has 2 amide bonds. The number of nitrogens with zero attached hydrogens (tertiary/aromatic N) is 4. The van der Waals surface area contributed by atoms with Crippen LogP contribution in [0.15, 0.2) is 42.5 Å². The minimum atomic E-state index is -0.190. The Morgan fingerprint density at radius 3 is 2.68 bits per heavy atom. The third-order valence-electron chi connectivity index (χ3n) is 6.53. The Balaban J connectivity index is 1.09. The van der Waals surface area contributed by atoms with E-state index in [0.717, 1.165) is 30.1 Å². The van der Waals surface area contributed by atoms with Crippen molar-refractivity contribution in [2.24, 2.45) is 5.92 Å². The molecule has 0 saturated carbocycles. The fraction of sp³-hybridized carbons (Fsp3) is 0.375. The number of aromatic amines is 1. The molecule has 5 rings (SSSR count). The van der Waals surface area contributed by atoms with Gasteiger partial charge in [0.05, 0.1) is 28.5 Å². The number of carbonyl (C=O) groups is 2. The number of fused-ring (bicyclic) bond motifs is 1. The number of carbonyl (C=O) groups excluding carboxylic acids is 2. The third kappa shape index (κ3) is 4.80. The monoisotopic (exact) mass is 482 g/mol. The van der Waals surface area contributed by atoms with Gasteiger partial charge in [-0.05, 0) is 43.3 Å². The number of aromatic nitrogens is 2. The number of nitrogens with one attached hydrogen (secondary N) is 2. The van der Waals surface area contributed by atoms with Crippen LogP contribution in [-0.2, 0) is 9.59 Å². The first-order valence-electron chi connectivity index (χ1n) is 11.5. The molecule has 0 aliphatic carbocycles. The number of amides is 2. The fourth-order valence-electron chi connectivity index (χ4n) is 4.57. The van der Waals surface area contributed by atoms with Gasteiger partial charge in [-0.2, -0.15) is 0 Å². The summed E-state index contributed by atoms with van der Waals surface area (Å²) < 4.78 is 0. The van der Waals surface area contributed by atoms with Crippen molar-refractivity contribution in [3.05, 3.63) is 47.5 Å². The molecule has 3 aromatic rings. The van der Waals surface area contributed by atoms with Crippen LogP contribution in [0.4, 0.5) is 11.6 Å². The average molecular weight is 483 g/mol. The number of hydrogen-bond donors (Lipinski definition) is 3. The Morgan fingerprint density at radius 1 is 1.12 bits per heavy atom. The second-order valence-corrected chi connectivity index (χ2v) is 9.23. The molecule has 1 atom stereocenters. The van der Waals surface area contributed by atoms with Gasteiger partial charge in [-0.25, -0.2) is 4.98 Å². The topological polar surface area (TPSA) is 105 Å². The molecule has 34 heavy (non-hydrogen) atoms. The van der Waals surface area contributed by atoms with Gasteiger partial charge < -0.3 is 25.2 Å². The van der Waals surface area contributed by atoms with Crippen molar-refractivity contribution in [3.63, 3.8) is 0 Å². The van der Waals surface area contributed by atoms with Crippen molar-refractivity contribution in [2.45, 2.75) is 6.42 Å². The van der Waals surface area contributed by atoms with Gasteiger partial charge in [-0.1, -0.05) is 23.7 Å². The molecule has 9 nitrogen and oxygen atoms in total. The van der Waals surface area contributed by atoms with E-state index in [4.69, 9.17) is 11.6 Å². The molecule has 3 N–H and O–H groups in total. The number of hydrogen-bond acceptors (Lipinski definition) is 6. The number of aromatic hydroxyl groups is 1. The highest BCUT2D eigenvalue weighted by Gasteiger charge is 2.31. The van der Waals surface area contributed by atoms with Gasteiger partial charge in [0.2, 0.25) is 17.8 Å². The van der Waals surface area contributed by atoms with Crippen LogP contribution in [0.3, 0.4) is 0 Å². The largest absolute Gasteiger partial charge is 0.506 e. The van der Waals surface area contributed by atoms with E-state index in [0.29, 0.717) is 44.8 Å². The zero-order valence-corrected chi connectivity index (χ0v) is 19.5. The Morgan fingerprint density at radius 2 is 1.91 bits per heavy atom. The number of H-pyrrole nitrogens is 1. The summed E-state index contributed by atoms with van der Waals surface area (Å²) in [5.74, 6) is 0.623. The Bertz CT molecular complexity index is 1170. The molecular weight excluding hydrogens is 456 g/mol. The van der Waals surface area contributed by atoms with Crippen LogP contribution in [0, 0.1) is 5.92 Å². The predicted octanol–water partition coefficient (Wildman–Crippen LogP) is 2.53. The van der Waals surface area contributed by atoms with Crippen LogP contribution in [0.5, 0.6) is 5.75 Å². The molecule has 2 aliphatic rings. The first-order valence-corrected chi connectivity index (χ1v) is 11.8. The maximum absolute atomic E-state index is 12.9. The summed E-state index contributed by atoms with van der Waals surface area (Å²) in [6, 6.07) is 12.5. The molecule has 0 bridgehead atoms. The molecular formula is C24H27ClN6O3. The maximum atomic E-state index is 12.9. The van der Waals surface area contributed by atoms with Crippen LogP contribution in [0.25, 0.3) is 11.0 Å². The van der Waals surface area contributed by atoms with E-state index in [1.165, 1.54) is 12.1 Å². The van der Waals surface area contributed by atoms with Crippen LogP contribution < -0.4 is 10.2 Å². The number of halogens is 1. The summed E-state index contributed by atoms with van der Waals surface area (Å²) in [6.07, 6.45) is 0.699. The third-order valence-corrected chi connectivity index (χ3v) is 6.83. The lowest BCUT2D eigenvalue weighted by Crippen LogP contribution is -2.51. The SMILES string of the molecule is O=C(Nc1ccc(O)c(Cl)c1)[C@@H]1CCN(CC(=O)N2CCN(c3nc4ccccc4[nH]3)CC2)C1. The Labute approximate surface area is 202 Å². The fourth-order valence-corrected chi connectivity index (χ4v) is 4.75. The van der Waals surface area contributed by atoms with Crippen molar-refractivity contribution in [1.82, 2.24) is 19.8 Å². The molecule has 0 radical (unpaired) electrons. The van der Waals surface area contributed by atoms with Gasteiger partial charge in [-0.15, -0.1) is 0 Å². The number of piperazine rings is 1. The highest BCUT2D eigenvalue weighted by atomic mass is 35.5. The van der Waals surface area contributed by atoms with E-state index in [1.54, 1.807) is 6.07 Å². The van der Waals surface area contributed by atoms with Gasteiger partial charge in [-0.3, -0.25) is 14.5 Å². The second-order valence-electron chi connectivity index (χ2n) is 8.82. The molecule has 1 aromatic heterocycles. The number of likely N-dealkylation sites (tertiary alicyclic amines) is 1. The number of rotatable bonds is 5. The van der Waals surface area contributed by atoms with Gasteiger partial charge in [0.25, 0.3) is 0 Å². The minimum absolute atomic E-state index is 0.0244. The maximum Gasteiger partial charge on any atom is 0.236 e. The standard InChI is InChI=1S/C24H27ClN6O3/c25-18-13-17(5-6-21(18)32)26-23(34)16-7-8-29(14-16)15-22(33)30-9-11-31(12-10-30)24-27-19-3-1-2-4-20(19)28-24/h1-6,13,16,32H,7-12,14-15H2,(H,26,34)(H,27,28)/t16-/m1/s1. The number of imidazole rings is 1. The first kappa shape index (κ1) is 22.5. The van der Waals surface area contributed by atoms with Crippen molar-refractivity contribution in [1.29, 1.82) is 0 Å². The summed E-state index contributed by atoms with van der Waals surface area (Å²) in [4.78, 5) is 39.6. The zero-order chi connectivity index (χ0) is 23.7. The molecule has 2 fully saturated rings. The molecule has 10 heteroatoms. The molecule has 3 heterocycles. The quantitative estimate of drug-likeness (QED) is 0.483. The summed E-state index contributed by atoms with van der Waals surface area (Å²) in [5, 5.41) is 12.6. The van der Waals surface area contributed by atoms with E-state index in [9.17, 15) is 14.7 Å². The number of benzene rings is 2. The molecule has 0 unspecified atom stereocenters. The summed E-state index contributed by atoms with van der Waals surface area (Å²) in [6.45, 7) is 4.32. The van der Waals surface area contributed by atoms with Crippen molar-refractivity contribution < 1.29 is 14.7 Å².